The van der Waals surface area contributed by atoms with Gasteiger partial charge in [-0.15, -0.1) is 24.8 Å². The first-order valence-electron chi connectivity index (χ1n) is 5.73. The van der Waals surface area contributed by atoms with Gasteiger partial charge in [-0.3, -0.25) is 9.89 Å². The smallest absolute Gasteiger partial charge is 0.228 e. The lowest BCUT2D eigenvalue weighted by molar-refractivity contribution is -0.131. The van der Waals surface area contributed by atoms with Crippen LogP contribution in [0.4, 0.5) is 0 Å². The summed E-state index contributed by atoms with van der Waals surface area (Å²) in [6, 6.07) is 2.21. The van der Waals surface area contributed by atoms with Crippen molar-refractivity contribution >= 4 is 30.7 Å². The minimum Gasteiger partial charge on any atom is -0.338 e. The number of nitrogens with one attached hydrogen (secondary N) is 2. The van der Waals surface area contributed by atoms with Gasteiger partial charge in [-0.2, -0.15) is 5.10 Å². The molecule has 0 saturated carbocycles. The Morgan fingerprint density at radius 2 is 2.39 bits per heavy atom. The maximum atomic E-state index is 12.0. The van der Waals surface area contributed by atoms with Crippen LogP contribution >= 0.6 is 24.8 Å². The zero-order chi connectivity index (χ0) is 11.4. The van der Waals surface area contributed by atoms with Crippen molar-refractivity contribution in [3.05, 3.63) is 18.0 Å². The normalized spacial score (nSPS) is 18.1. The molecule has 7 heteroatoms. The highest BCUT2D eigenvalue weighted by molar-refractivity contribution is 5.85. The van der Waals surface area contributed by atoms with Gasteiger partial charge in [-0.25, -0.2) is 0 Å². The fraction of sp³-hybridized carbons (Fsp3) is 0.636. The Bertz CT molecular complexity index is 345. The van der Waals surface area contributed by atoms with E-state index in [9.17, 15) is 4.79 Å². The topological polar surface area (TPSA) is 61.0 Å². The van der Waals surface area contributed by atoms with Crippen molar-refractivity contribution in [3.63, 3.8) is 0 Å². The largest absolute Gasteiger partial charge is 0.338 e. The number of carbonyl (C=O) groups excluding carboxylic acids is 1. The molecule has 18 heavy (non-hydrogen) atoms. The van der Waals surface area contributed by atoms with Crippen LogP contribution in [0.1, 0.15) is 18.5 Å². The average molecular weight is 295 g/mol. The van der Waals surface area contributed by atoms with Crippen molar-refractivity contribution in [2.24, 2.45) is 0 Å². The van der Waals surface area contributed by atoms with Crippen molar-refractivity contribution < 1.29 is 4.79 Å². The van der Waals surface area contributed by atoms with Gasteiger partial charge in [0.25, 0.3) is 0 Å². The molecule has 0 radical (unpaired) electrons. The Morgan fingerprint density at radius 3 is 3.00 bits per heavy atom. The predicted octanol–water partition coefficient (Wildman–Crippen LogP) is 1.01. The van der Waals surface area contributed by atoms with Gasteiger partial charge in [0, 0.05) is 31.0 Å². The molecule has 2 rings (SSSR count). The van der Waals surface area contributed by atoms with Gasteiger partial charge in [0.05, 0.1) is 6.42 Å². The molecule has 1 fully saturated rings. The van der Waals surface area contributed by atoms with Crippen LogP contribution in [0.3, 0.4) is 0 Å². The lowest BCUT2D eigenvalue weighted by Gasteiger charge is -2.24. The highest BCUT2D eigenvalue weighted by atomic mass is 35.5. The highest BCUT2D eigenvalue weighted by Crippen LogP contribution is 2.17. The van der Waals surface area contributed by atoms with Crippen LogP contribution in [0.15, 0.2) is 12.3 Å². The molecule has 1 amide bonds. The SMILES string of the molecule is CNCC1CCCN1C(=O)Cc1ccn[nH]1.Cl.Cl. The number of hydrogen-bond donors (Lipinski definition) is 2. The number of H-pyrrole nitrogens is 1. The van der Waals surface area contributed by atoms with E-state index < -0.39 is 0 Å². The molecule has 0 aliphatic carbocycles. The molecule has 104 valence electrons. The van der Waals surface area contributed by atoms with Gasteiger partial charge in [0.15, 0.2) is 0 Å². The second-order valence-corrected chi connectivity index (χ2v) is 4.20. The van der Waals surface area contributed by atoms with Crippen LogP contribution in [0, 0.1) is 0 Å². The van der Waals surface area contributed by atoms with Crippen LogP contribution in [0.25, 0.3) is 0 Å². The van der Waals surface area contributed by atoms with Crippen molar-refractivity contribution in [2.45, 2.75) is 25.3 Å². The molecular weight excluding hydrogens is 275 g/mol. The molecular formula is C11H20Cl2N4O. The minimum atomic E-state index is 0. The highest BCUT2D eigenvalue weighted by Gasteiger charge is 2.27. The maximum Gasteiger partial charge on any atom is 0.228 e. The van der Waals surface area contributed by atoms with Crippen molar-refractivity contribution in [3.8, 4) is 0 Å². The summed E-state index contributed by atoms with van der Waals surface area (Å²) in [4.78, 5) is 14.0. The first-order valence-corrected chi connectivity index (χ1v) is 5.73. The van der Waals surface area contributed by atoms with E-state index in [-0.39, 0.29) is 30.7 Å². The zero-order valence-electron chi connectivity index (χ0n) is 10.4. The summed E-state index contributed by atoms with van der Waals surface area (Å²) in [6.07, 6.45) is 4.33. The van der Waals surface area contributed by atoms with Crippen LogP contribution in [0.2, 0.25) is 0 Å². The minimum absolute atomic E-state index is 0. The van der Waals surface area contributed by atoms with Gasteiger partial charge in [0.1, 0.15) is 0 Å². The molecule has 2 N–H and O–H groups in total. The second-order valence-electron chi connectivity index (χ2n) is 4.20. The molecule has 1 aromatic heterocycles. The second kappa shape index (κ2) is 8.34. The molecule has 1 aromatic rings. The molecule has 1 atom stereocenters. The van der Waals surface area contributed by atoms with Gasteiger partial charge in [-0.05, 0) is 26.0 Å². The summed E-state index contributed by atoms with van der Waals surface area (Å²) < 4.78 is 0. The summed E-state index contributed by atoms with van der Waals surface area (Å²) in [5.74, 6) is 0.196. The quantitative estimate of drug-likeness (QED) is 0.871. The number of rotatable bonds is 4. The Labute approximate surface area is 120 Å². The van der Waals surface area contributed by atoms with E-state index in [0.29, 0.717) is 12.5 Å². The van der Waals surface area contributed by atoms with Crippen LogP contribution in [0.5, 0.6) is 0 Å². The van der Waals surface area contributed by atoms with Crippen molar-refractivity contribution in [1.29, 1.82) is 0 Å². The number of hydrogen-bond acceptors (Lipinski definition) is 3. The third-order valence-electron chi connectivity index (χ3n) is 3.04. The van der Waals surface area contributed by atoms with Crippen molar-refractivity contribution in [1.82, 2.24) is 20.4 Å². The molecule has 1 saturated heterocycles. The third-order valence-corrected chi connectivity index (χ3v) is 3.04. The van der Waals surface area contributed by atoms with E-state index in [0.717, 1.165) is 31.6 Å². The monoisotopic (exact) mass is 294 g/mol. The van der Waals surface area contributed by atoms with Crippen LogP contribution in [-0.2, 0) is 11.2 Å². The van der Waals surface area contributed by atoms with Crippen LogP contribution < -0.4 is 5.32 Å². The van der Waals surface area contributed by atoms with E-state index >= 15 is 0 Å². The Kier molecular flexibility index (Phi) is 7.98. The zero-order valence-corrected chi connectivity index (χ0v) is 12.0. The molecule has 1 aliphatic heterocycles. The van der Waals surface area contributed by atoms with E-state index in [1.807, 2.05) is 18.0 Å². The number of halogens is 2. The van der Waals surface area contributed by atoms with Gasteiger partial charge in [0.2, 0.25) is 5.91 Å². The van der Waals surface area contributed by atoms with Gasteiger partial charge in [-0.1, -0.05) is 0 Å². The number of nitrogens with zero attached hydrogens (tertiary/aromatic N) is 2. The first kappa shape index (κ1) is 17.2. The fourth-order valence-corrected chi connectivity index (χ4v) is 2.26. The van der Waals surface area contributed by atoms with E-state index in [1.54, 1.807) is 6.20 Å². The lowest BCUT2D eigenvalue weighted by Crippen LogP contribution is -2.41. The average Bonchev–Trinajstić information content (AvgIpc) is 2.89. The third kappa shape index (κ3) is 4.15. The molecule has 1 unspecified atom stereocenters. The Morgan fingerprint density at radius 1 is 1.61 bits per heavy atom. The summed E-state index contributed by atoms with van der Waals surface area (Å²) in [6.45, 7) is 1.77. The molecule has 1 aliphatic rings. The Hall–Kier alpha value is -0.780. The molecule has 2 heterocycles. The molecule has 0 spiro atoms. The fourth-order valence-electron chi connectivity index (χ4n) is 2.26. The summed E-state index contributed by atoms with van der Waals surface area (Å²) in [5, 5.41) is 9.81. The molecule has 0 aromatic carbocycles. The maximum absolute atomic E-state index is 12.0. The Balaban J connectivity index is 0.00000144. The number of aromatic amines is 1. The standard InChI is InChI=1S/C11H18N4O.2ClH/c1-12-8-10-3-2-6-15(10)11(16)7-9-4-5-13-14-9;;/h4-5,10,12H,2-3,6-8H2,1H3,(H,13,14);2*1H. The van der Waals surface area contributed by atoms with Crippen LogP contribution in [-0.4, -0.2) is 47.2 Å². The summed E-state index contributed by atoms with van der Waals surface area (Å²) in [7, 11) is 1.93. The number of likely N-dealkylation sites (tertiary alicyclic amines) is 1. The predicted molar refractivity (Wildman–Crippen MR) is 75.4 cm³/mol. The molecule has 0 bridgehead atoms. The van der Waals surface area contributed by atoms with E-state index in [1.165, 1.54) is 0 Å². The lowest BCUT2D eigenvalue weighted by atomic mass is 10.2. The van der Waals surface area contributed by atoms with Crippen molar-refractivity contribution in [2.75, 3.05) is 20.1 Å². The molecule has 5 nitrogen and oxygen atoms in total. The van der Waals surface area contributed by atoms with E-state index in [2.05, 4.69) is 15.5 Å². The van der Waals surface area contributed by atoms with Gasteiger partial charge >= 0.3 is 0 Å². The van der Waals surface area contributed by atoms with E-state index in [4.69, 9.17) is 0 Å². The number of aromatic nitrogens is 2. The number of carbonyl (C=O) groups is 1. The summed E-state index contributed by atoms with van der Waals surface area (Å²) in [5.41, 5.74) is 0.889. The van der Waals surface area contributed by atoms with Gasteiger partial charge < -0.3 is 10.2 Å². The summed E-state index contributed by atoms with van der Waals surface area (Å²) >= 11 is 0. The number of likely N-dealkylation sites (N-methyl/N-ethyl adjacent to an activating group) is 1. The first-order chi connectivity index (χ1) is 7.81. The number of amides is 1.